The fraction of sp³-hybridized carbons (Fsp3) is 0.250. The van der Waals surface area contributed by atoms with Gasteiger partial charge in [-0.1, -0.05) is 18.3 Å². The number of nitro groups is 1. The Hall–Kier alpha value is -3.38. The Labute approximate surface area is 186 Å². The van der Waals surface area contributed by atoms with Gasteiger partial charge in [-0.05, 0) is 37.3 Å². The van der Waals surface area contributed by atoms with E-state index in [-0.39, 0.29) is 39.9 Å². The monoisotopic (exact) mass is 477 g/mol. The molecule has 0 fully saturated rings. The lowest BCUT2D eigenvalue weighted by atomic mass is 10.2. The second-order valence-corrected chi connectivity index (χ2v) is 9.82. The maximum absolute atomic E-state index is 12.7. The number of carbonyl (C=O) groups excluding carboxylic acids is 2. The molecule has 0 radical (unpaired) electrons. The van der Waals surface area contributed by atoms with Crippen molar-refractivity contribution in [3.05, 3.63) is 62.9 Å². The Kier molecular flexibility index (Phi) is 6.84. The third-order valence-corrected chi connectivity index (χ3v) is 7.30. The maximum Gasteiger partial charge on any atom is 0.326 e. The predicted octanol–water partition coefficient (Wildman–Crippen LogP) is 2.71. The summed E-state index contributed by atoms with van der Waals surface area (Å²) < 4.78 is 30.8. The molecule has 0 bridgehead atoms. The highest BCUT2D eigenvalue weighted by atomic mass is 32.2. The number of hydrogen-bond donors (Lipinski definition) is 0. The number of sulfone groups is 1. The minimum atomic E-state index is -3.40. The molecule has 3 rings (SSSR count). The van der Waals surface area contributed by atoms with Crippen molar-refractivity contribution >= 4 is 49.0 Å². The number of benzene rings is 2. The van der Waals surface area contributed by atoms with Crippen LogP contribution in [0.1, 0.15) is 24.2 Å². The largest absolute Gasteiger partial charge is 0.465 e. The van der Waals surface area contributed by atoms with Gasteiger partial charge in [-0.15, -0.1) is 0 Å². The number of carbonyl (C=O) groups is 2. The third-order valence-electron chi connectivity index (χ3n) is 4.51. The summed E-state index contributed by atoms with van der Waals surface area (Å²) in [5.41, 5.74) is 0.517. The number of non-ortho nitro benzene ring substituents is 1. The van der Waals surface area contributed by atoms with Crippen LogP contribution in [0.5, 0.6) is 0 Å². The van der Waals surface area contributed by atoms with Gasteiger partial charge in [-0.2, -0.15) is 4.99 Å². The number of rotatable bonds is 7. The Morgan fingerprint density at radius 1 is 1.16 bits per heavy atom. The highest BCUT2D eigenvalue weighted by Gasteiger charge is 2.17. The minimum absolute atomic E-state index is 0.0630. The molecule has 0 aliphatic rings. The number of ether oxygens (including phenoxy) is 1. The Bertz CT molecular complexity index is 1370. The second-order valence-electron chi connectivity index (χ2n) is 6.53. The topological polar surface area (TPSA) is 138 Å². The van der Waals surface area contributed by atoms with E-state index in [1.807, 2.05) is 0 Å². The molecule has 10 nitrogen and oxygen atoms in total. The zero-order valence-electron chi connectivity index (χ0n) is 17.2. The number of amides is 1. The Balaban J connectivity index is 2.07. The van der Waals surface area contributed by atoms with Gasteiger partial charge in [0.05, 0.1) is 32.4 Å². The Morgan fingerprint density at radius 2 is 1.84 bits per heavy atom. The van der Waals surface area contributed by atoms with Crippen molar-refractivity contribution in [2.24, 2.45) is 4.99 Å². The summed E-state index contributed by atoms with van der Waals surface area (Å²) in [5.74, 6) is -1.26. The maximum atomic E-state index is 12.7. The van der Waals surface area contributed by atoms with Gasteiger partial charge in [0.15, 0.2) is 14.6 Å². The Morgan fingerprint density at radius 3 is 2.44 bits per heavy atom. The standard InChI is InChI=1S/C20H19N3O7S2/c1-3-30-18(24)12-22-16-10-7-14(23(26)27)11-17(16)31-20(22)21-19(25)13-5-8-15(9-6-13)32(28,29)4-2/h5-11H,3-4,12H2,1-2H3. The average Bonchev–Trinajstić information content (AvgIpc) is 3.09. The number of hydrogen-bond acceptors (Lipinski definition) is 8. The van der Waals surface area contributed by atoms with Crippen molar-refractivity contribution in [1.82, 2.24) is 4.57 Å². The van der Waals surface area contributed by atoms with Gasteiger partial charge in [-0.25, -0.2) is 8.42 Å². The number of nitrogens with zero attached hydrogens (tertiary/aromatic N) is 3. The highest BCUT2D eigenvalue weighted by molar-refractivity contribution is 7.91. The van der Waals surface area contributed by atoms with Crippen LogP contribution >= 0.6 is 11.3 Å². The van der Waals surface area contributed by atoms with Crippen molar-refractivity contribution < 1.29 is 27.7 Å². The summed E-state index contributed by atoms with van der Waals surface area (Å²) in [6, 6.07) is 9.53. The molecule has 2 aromatic carbocycles. The smallest absolute Gasteiger partial charge is 0.326 e. The van der Waals surface area contributed by atoms with E-state index in [1.54, 1.807) is 6.92 Å². The van der Waals surface area contributed by atoms with E-state index in [0.717, 1.165) is 11.3 Å². The molecule has 0 saturated heterocycles. The number of thiazole rings is 1. The summed E-state index contributed by atoms with van der Waals surface area (Å²) in [6.07, 6.45) is 0. The molecule has 1 amide bonds. The number of esters is 1. The van der Waals surface area contributed by atoms with Crippen molar-refractivity contribution in [3.8, 4) is 0 Å². The van der Waals surface area contributed by atoms with Gasteiger partial charge < -0.3 is 9.30 Å². The van der Waals surface area contributed by atoms with E-state index >= 15 is 0 Å². The van der Waals surface area contributed by atoms with E-state index in [4.69, 9.17) is 4.74 Å². The van der Waals surface area contributed by atoms with Crippen molar-refractivity contribution in [2.45, 2.75) is 25.3 Å². The van der Waals surface area contributed by atoms with Crippen LogP contribution in [-0.4, -0.2) is 42.1 Å². The van der Waals surface area contributed by atoms with E-state index in [1.165, 1.54) is 54.0 Å². The zero-order chi connectivity index (χ0) is 23.5. The fourth-order valence-corrected chi connectivity index (χ4v) is 4.82. The van der Waals surface area contributed by atoms with Crippen LogP contribution in [0.15, 0.2) is 52.4 Å². The SMILES string of the molecule is CCOC(=O)Cn1c(=NC(=O)c2ccc(S(=O)(=O)CC)cc2)sc2cc([N+](=O)[O-])ccc21. The molecule has 168 valence electrons. The lowest BCUT2D eigenvalue weighted by Crippen LogP contribution is -2.23. The third kappa shape index (κ3) is 4.92. The molecule has 12 heteroatoms. The highest BCUT2D eigenvalue weighted by Crippen LogP contribution is 2.23. The number of aromatic nitrogens is 1. The molecule has 3 aromatic rings. The molecular formula is C20H19N3O7S2. The molecular weight excluding hydrogens is 458 g/mol. The quantitative estimate of drug-likeness (QED) is 0.290. The first kappa shape index (κ1) is 23.3. The molecule has 1 heterocycles. The van der Waals surface area contributed by atoms with Gasteiger partial charge in [-0.3, -0.25) is 19.7 Å². The van der Waals surface area contributed by atoms with Gasteiger partial charge in [0.1, 0.15) is 6.54 Å². The van der Waals surface area contributed by atoms with E-state index in [9.17, 15) is 28.1 Å². The van der Waals surface area contributed by atoms with Crippen molar-refractivity contribution in [1.29, 1.82) is 0 Å². The van der Waals surface area contributed by atoms with Gasteiger partial charge >= 0.3 is 5.97 Å². The van der Waals surface area contributed by atoms with Crippen LogP contribution in [0.4, 0.5) is 5.69 Å². The van der Waals surface area contributed by atoms with Gasteiger partial charge in [0, 0.05) is 17.7 Å². The normalized spacial score (nSPS) is 12.1. The second kappa shape index (κ2) is 9.40. The van der Waals surface area contributed by atoms with Crippen LogP contribution in [0, 0.1) is 10.1 Å². The van der Waals surface area contributed by atoms with Crippen LogP contribution in [0.3, 0.4) is 0 Å². The lowest BCUT2D eigenvalue weighted by Gasteiger charge is -2.05. The average molecular weight is 478 g/mol. The molecule has 32 heavy (non-hydrogen) atoms. The van der Waals surface area contributed by atoms with Crippen LogP contribution in [0.2, 0.25) is 0 Å². The van der Waals surface area contributed by atoms with Crippen LogP contribution < -0.4 is 4.80 Å². The van der Waals surface area contributed by atoms with E-state index < -0.39 is 26.6 Å². The van der Waals surface area contributed by atoms with Crippen LogP contribution in [-0.2, 0) is 25.9 Å². The van der Waals surface area contributed by atoms with E-state index in [2.05, 4.69) is 4.99 Å². The van der Waals surface area contributed by atoms with E-state index in [0.29, 0.717) is 10.2 Å². The zero-order valence-corrected chi connectivity index (χ0v) is 18.8. The molecule has 0 unspecified atom stereocenters. The summed E-state index contributed by atoms with van der Waals surface area (Å²) >= 11 is 1.02. The minimum Gasteiger partial charge on any atom is -0.465 e. The number of nitro benzene ring substituents is 1. The summed E-state index contributed by atoms with van der Waals surface area (Å²) in [5, 5.41) is 11.1. The first-order valence-electron chi connectivity index (χ1n) is 9.51. The number of fused-ring (bicyclic) bond motifs is 1. The van der Waals surface area contributed by atoms with Crippen molar-refractivity contribution in [3.63, 3.8) is 0 Å². The summed E-state index contributed by atoms with van der Waals surface area (Å²) in [6.45, 7) is 3.13. The molecule has 0 aliphatic heterocycles. The molecule has 0 saturated carbocycles. The van der Waals surface area contributed by atoms with Gasteiger partial charge in [0.2, 0.25) is 0 Å². The van der Waals surface area contributed by atoms with Gasteiger partial charge in [0.25, 0.3) is 11.6 Å². The fourth-order valence-electron chi connectivity index (χ4n) is 2.87. The molecule has 0 aliphatic carbocycles. The molecule has 1 aromatic heterocycles. The molecule has 0 spiro atoms. The van der Waals surface area contributed by atoms with Crippen LogP contribution in [0.25, 0.3) is 10.2 Å². The first-order valence-corrected chi connectivity index (χ1v) is 12.0. The molecule has 0 N–H and O–H groups in total. The molecule has 0 atom stereocenters. The predicted molar refractivity (Wildman–Crippen MR) is 117 cm³/mol. The lowest BCUT2D eigenvalue weighted by molar-refractivity contribution is -0.384. The summed E-state index contributed by atoms with van der Waals surface area (Å²) in [4.78, 5) is 39.7. The summed E-state index contributed by atoms with van der Waals surface area (Å²) in [7, 11) is -3.40. The first-order chi connectivity index (χ1) is 15.2. The van der Waals surface area contributed by atoms with Crippen molar-refractivity contribution in [2.75, 3.05) is 12.4 Å².